The van der Waals surface area contributed by atoms with Crippen molar-refractivity contribution in [1.82, 2.24) is 0 Å². The van der Waals surface area contributed by atoms with E-state index in [0.717, 1.165) is 5.56 Å². The van der Waals surface area contributed by atoms with E-state index in [-0.39, 0.29) is 0 Å². The van der Waals surface area contributed by atoms with E-state index in [0.29, 0.717) is 0 Å². The first-order valence-corrected chi connectivity index (χ1v) is 4.96. The predicted octanol–water partition coefficient (Wildman–Crippen LogP) is 4.12. The Morgan fingerprint density at radius 3 is 2.20 bits per heavy atom. The van der Waals surface area contributed by atoms with Gasteiger partial charge in [-0.2, -0.15) is 0 Å². The predicted molar refractivity (Wildman–Crippen MR) is 66.4 cm³/mol. The van der Waals surface area contributed by atoms with Crippen molar-refractivity contribution in [2.45, 2.75) is 6.92 Å². The Labute approximate surface area is 90.6 Å². The Bertz CT molecular complexity index is 519. The molecule has 0 aliphatic rings. The summed E-state index contributed by atoms with van der Waals surface area (Å²) in [7, 11) is 0. The zero-order valence-electron chi connectivity index (χ0n) is 8.75. The van der Waals surface area contributed by atoms with Gasteiger partial charge in [-0.3, -0.25) is 0 Å². The molecule has 0 saturated heterocycles. The summed E-state index contributed by atoms with van der Waals surface area (Å²) in [4.78, 5) is 0. The van der Waals surface area contributed by atoms with E-state index < -0.39 is 0 Å². The lowest BCUT2D eigenvalue weighted by Gasteiger charge is -2.03. The molecule has 0 unspecified atom stereocenters. The van der Waals surface area contributed by atoms with Crippen molar-refractivity contribution in [1.29, 1.82) is 0 Å². The summed E-state index contributed by atoms with van der Waals surface area (Å²) in [6.07, 6.45) is 6.01. The standard InChI is InChI=1S/C15H12/c1-3-7-13-11-15-9-6-5-8-14(15)10-12(13)4-2/h3-4,7-11H,2H2,1H3/b7-3-. The maximum atomic E-state index is 3.83. The quantitative estimate of drug-likeness (QED) is 0.671. The topological polar surface area (TPSA) is 0 Å². The summed E-state index contributed by atoms with van der Waals surface area (Å²) >= 11 is 0. The number of rotatable bonds is 2. The van der Waals surface area contributed by atoms with Gasteiger partial charge in [-0.25, -0.2) is 0 Å². The Morgan fingerprint density at radius 2 is 1.67 bits per heavy atom. The molecule has 0 aromatic heterocycles. The average Bonchev–Trinajstić information content (AvgIpc) is 2.28. The first kappa shape index (κ1) is 9.55. The fraction of sp³-hybridized carbons (Fsp3) is 0.0667. The molecule has 0 spiro atoms. The van der Waals surface area contributed by atoms with Crippen LogP contribution in [0, 0.1) is 12.1 Å². The highest BCUT2D eigenvalue weighted by molar-refractivity contribution is 5.87. The minimum Gasteiger partial charge on any atom is -0.0984 e. The average molecular weight is 192 g/mol. The molecule has 0 radical (unpaired) electrons. The summed E-state index contributed by atoms with van der Waals surface area (Å²) in [6.45, 7) is 5.84. The molecule has 2 aromatic carbocycles. The van der Waals surface area contributed by atoms with Crippen molar-refractivity contribution in [3.63, 3.8) is 0 Å². The van der Waals surface area contributed by atoms with E-state index >= 15 is 0 Å². The molecule has 0 heteroatoms. The highest BCUT2D eigenvalue weighted by Crippen LogP contribution is 2.21. The van der Waals surface area contributed by atoms with Gasteiger partial charge in [-0.15, -0.1) is 0 Å². The highest BCUT2D eigenvalue weighted by Gasteiger charge is 1.98. The molecule has 0 saturated carbocycles. The summed E-state index contributed by atoms with van der Waals surface area (Å²) < 4.78 is 0. The van der Waals surface area contributed by atoms with E-state index in [2.05, 4.69) is 36.9 Å². The summed E-state index contributed by atoms with van der Waals surface area (Å²) in [6, 6.07) is 14.1. The molecule has 0 atom stereocenters. The van der Waals surface area contributed by atoms with Gasteiger partial charge in [-0.05, 0) is 53.1 Å². The molecule has 15 heavy (non-hydrogen) atoms. The number of hydrogen-bond donors (Lipinski definition) is 0. The third kappa shape index (κ3) is 1.78. The molecular weight excluding hydrogens is 180 g/mol. The van der Waals surface area contributed by atoms with Gasteiger partial charge < -0.3 is 0 Å². The molecule has 0 nitrogen and oxygen atoms in total. The van der Waals surface area contributed by atoms with E-state index in [1.807, 2.05) is 31.2 Å². The van der Waals surface area contributed by atoms with Crippen LogP contribution in [-0.4, -0.2) is 0 Å². The zero-order chi connectivity index (χ0) is 10.7. The molecule has 2 aromatic rings. The van der Waals surface area contributed by atoms with Crippen molar-refractivity contribution >= 4 is 22.9 Å². The maximum absolute atomic E-state index is 3.83. The van der Waals surface area contributed by atoms with Crippen LogP contribution in [0.4, 0.5) is 0 Å². The van der Waals surface area contributed by atoms with Crippen LogP contribution in [0.1, 0.15) is 18.1 Å². The molecule has 2 rings (SSSR count). The van der Waals surface area contributed by atoms with Gasteiger partial charge in [0.25, 0.3) is 0 Å². The summed E-state index contributed by atoms with van der Waals surface area (Å²) in [5.74, 6) is 0. The number of fused-ring (bicyclic) bond motifs is 1. The normalized spacial score (nSPS) is 10.5. The van der Waals surface area contributed by atoms with E-state index in [1.165, 1.54) is 16.3 Å². The van der Waals surface area contributed by atoms with Gasteiger partial charge in [0.1, 0.15) is 0 Å². The molecule has 0 fully saturated rings. The third-order valence-corrected chi connectivity index (χ3v) is 2.39. The maximum Gasteiger partial charge on any atom is -0.00363 e. The van der Waals surface area contributed by atoms with Gasteiger partial charge in [0.2, 0.25) is 0 Å². The van der Waals surface area contributed by atoms with Crippen LogP contribution < -0.4 is 0 Å². The molecule has 0 aliphatic heterocycles. The number of allylic oxidation sites excluding steroid dienone is 1. The van der Waals surface area contributed by atoms with Gasteiger partial charge >= 0.3 is 0 Å². The lowest BCUT2D eigenvalue weighted by molar-refractivity contribution is 1.65. The molecule has 0 aliphatic carbocycles. The van der Waals surface area contributed by atoms with Gasteiger partial charge in [-0.1, -0.05) is 36.9 Å². The van der Waals surface area contributed by atoms with Crippen LogP contribution in [0.3, 0.4) is 0 Å². The van der Waals surface area contributed by atoms with Gasteiger partial charge in [0.15, 0.2) is 0 Å². The van der Waals surface area contributed by atoms with Crippen LogP contribution >= 0.6 is 0 Å². The second-order valence-electron chi connectivity index (χ2n) is 3.39. The Kier molecular flexibility index (Phi) is 2.56. The molecule has 0 heterocycles. The Morgan fingerprint density at radius 1 is 1.07 bits per heavy atom. The Balaban J connectivity index is 2.74. The monoisotopic (exact) mass is 192 g/mol. The van der Waals surface area contributed by atoms with Crippen LogP contribution in [0.15, 0.2) is 36.9 Å². The van der Waals surface area contributed by atoms with Crippen molar-refractivity contribution in [3.05, 3.63) is 60.2 Å². The van der Waals surface area contributed by atoms with Crippen LogP contribution in [0.25, 0.3) is 22.9 Å². The molecule has 0 N–H and O–H groups in total. The smallest absolute Gasteiger partial charge is 0.00363 e. The lowest BCUT2D eigenvalue weighted by atomic mass is 10.0. The number of hydrogen-bond acceptors (Lipinski definition) is 0. The van der Waals surface area contributed by atoms with E-state index in [4.69, 9.17) is 0 Å². The number of benzene rings is 1. The zero-order valence-corrected chi connectivity index (χ0v) is 8.75. The first-order chi connectivity index (χ1) is 7.35. The van der Waals surface area contributed by atoms with Crippen molar-refractivity contribution in [3.8, 4) is 0 Å². The van der Waals surface area contributed by atoms with Crippen molar-refractivity contribution in [2.75, 3.05) is 0 Å². The molecular formula is C15H12. The van der Waals surface area contributed by atoms with Crippen molar-refractivity contribution in [2.24, 2.45) is 0 Å². The largest absolute Gasteiger partial charge is 0.0984 e. The summed E-state index contributed by atoms with van der Waals surface area (Å²) in [5.41, 5.74) is 2.35. The van der Waals surface area contributed by atoms with Gasteiger partial charge in [0, 0.05) is 0 Å². The first-order valence-electron chi connectivity index (χ1n) is 4.96. The lowest BCUT2D eigenvalue weighted by Crippen LogP contribution is -1.81. The third-order valence-electron chi connectivity index (χ3n) is 2.39. The fourth-order valence-electron chi connectivity index (χ4n) is 1.66. The summed E-state index contributed by atoms with van der Waals surface area (Å²) in [5, 5.41) is 2.37. The van der Waals surface area contributed by atoms with Crippen LogP contribution in [0.5, 0.6) is 0 Å². The van der Waals surface area contributed by atoms with Crippen LogP contribution in [-0.2, 0) is 0 Å². The van der Waals surface area contributed by atoms with E-state index in [1.54, 1.807) is 0 Å². The van der Waals surface area contributed by atoms with Crippen molar-refractivity contribution < 1.29 is 0 Å². The van der Waals surface area contributed by atoms with Crippen LogP contribution in [0.2, 0.25) is 0 Å². The van der Waals surface area contributed by atoms with Gasteiger partial charge in [0.05, 0.1) is 0 Å². The Hall–Kier alpha value is -2.00. The molecule has 72 valence electrons. The second kappa shape index (κ2) is 4.02. The molecule has 0 bridgehead atoms. The SMILES string of the molecule is C=Cc1cc2cc#ccc2cc1/C=C\C. The van der Waals surface area contributed by atoms with E-state index in [9.17, 15) is 0 Å². The second-order valence-corrected chi connectivity index (χ2v) is 3.39. The highest BCUT2D eigenvalue weighted by atomic mass is 14.0. The minimum atomic E-state index is 1.15. The molecule has 0 amide bonds. The minimum absolute atomic E-state index is 1.15. The fourth-order valence-corrected chi connectivity index (χ4v) is 1.66.